The lowest BCUT2D eigenvalue weighted by atomic mass is 9.92. The Balaban J connectivity index is 2.83. The second-order valence-electron chi connectivity index (χ2n) is 3.36. The van der Waals surface area contributed by atoms with Gasteiger partial charge in [0.05, 0.1) is 0 Å². The van der Waals surface area contributed by atoms with E-state index in [1.54, 1.807) is 0 Å². The summed E-state index contributed by atoms with van der Waals surface area (Å²) in [4.78, 5) is 5.23. The molecule has 13 heavy (non-hydrogen) atoms. The number of nitrogens with zero attached hydrogens (tertiary/aromatic N) is 1. The quantitative estimate of drug-likeness (QED) is 0.751. The van der Waals surface area contributed by atoms with E-state index in [9.17, 15) is 0 Å². The van der Waals surface area contributed by atoms with Crippen LogP contribution in [0.5, 0.6) is 0 Å². The van der Waals surface area contributed by atoms with Crippen molar-refractivity contribution in [3.8, 4) is 12.3 Å². The van der Waals surface area contributed by atoms with Gasteiger partial charge < -0.3 is 5.73 Å². The first-order chi connectivity index (χ1) is 6.15. The van der Waals surface area contributed by atoms with E-state index in [0.29, 0.717) is 17.0 Å². The summed E-state index contributed by atoms with van der Waals surface area (Å²) in [5, 5.41) is 0.623. The summed E-state index contributed by atoms with van der Waals surface area (Å²) in [6.07, 6.45) is 7.91. The third-order valence-corrected chi connectivity index (χ3v) is 3.01. The average molecular weight is 194 g/mol. The van der Waals surface area contributed by atoms with Crippen molar-refractivity contribution in [3.05, 3.63) is 11.1 Å². The van der Waals surface area contributed by atoms with Gasteiger partial charge >= 0.3 is 0 Å². The maximum atomic E-state index is 5.57. The molecule has 1 aromatic rings. The third kappa shape index (κ3) is 2.46. The maximum absolute atomic E-state index is 5.57. The van der Waals surface area contributed by atoms with Crippen LogP contribution in [0.25, 0.3) is 0 Å². The number of anilines is 1. The van der Waals surface area contributed by atoms with Gasteiger partial charge in [0, 0.05) is 23.4 Å². The summed E-state index contributed by atoms with van der Waals surface area (Å²) in [5.41, 5.74) is 5.57. The van der Waals surface area contributed by atoms with E-state index in [-0.39, 0.29) is 0 Å². The Morgan fingerprint density at radius 3 is 2.77 bits per heavy atom. The smallest absolute Gasteiger partial charge is 0.180 e. The Morgan fingerprint density at radius 1 is 1.69 bits per heavy atom. The highest BCUT2D eigenvalue weighted by Gasteiger charge is 2.16. The first-order valence-electron chi connectivity index (χ1n) is 4.29. The second-order valence-corrected chi connectivity index (χ2v) is 4.45. The van der Waals surface area contributed by atoms with Crippen molar-refractivity contribution in [3.63, 3.8) is 0 Å². The minimum Gasteiger partial charge on any atom is -0.375 e. The van der Waals surface area contributed by atoms with Gasteiger partial charge in [0.15, 0.2) is 5.13 Å². The number of terminal acetylenes is 1. The molecule has 0 spiro atoms. The van der Waals surface area contributed by atoms with Gasteiger partial charge in [-0.25, -0.2) is 4.98 Å². The molecule has 0 amide bonds. The summed E-state index contributed by atoms with van der Waals surface area (Å²) in [5.74, 6) is 3.64. The Hall–Kier alpha value is -1.01. The predicted molar refractivity (Wildman–Crippen MR) is 57.6 cm³/mol. The molecule has 0 aromatic carbocycles. The molecule has 3 heteroatoms. The van der Waals surface area contributed by atoms with Crippen LogP contribution < -0.4 is 5.73 Å². The number of hydrogen-bond acceptors (Lipinski definition) is 3. The number of hydrogen-bond donors (Lipinski definition) is 1. The fourth-order valence-corrected chi connectivity index (χ4v) is 2.22. The average Bonchev–Trinajstić information content (AvgIpc) is 2.46. The lowest BCUT2D eigenvalue weighted by molar-refractivity contribution is 0.514. The van der Waals surface area contributed by atoms with Crippen molar-refractivity contribution >= 4 is 16.5 Å². The largest absolute Gasteiger partial charge is 0.375 e. The molecular formula is C10H14N2S. The zero-order valence-corrected chi connectivity index (χ0v) is 8.77. The van der Waals surface area contributed by atoms with E-state index in [2.05, 4.69) is 24.8 Å². The van der Waals surface area contributed by atoms with Crippen LogP contribution in [0.4, 0.5) is 5.13 Å². The summed E-state index contributed by atoms with van der Waals surface area (Å²) in [6, 6.07) is 0. The number of aromatic nitrogens is 1. The minimum absolute atomic E-state index is 0.403. The van der Waals surface area contributed by atoms with Gasteiger partial charge in [-0.15, -0.1) is 23.7 Å². The Labute approximate surface area is 83.2 Å². The van der Waals surface area contributed by atoms with Crippen LogP contribution in [-0.2, 0) is 0 Å². The fourth-order valence-electron chi connectivity index (χ4n) is 1.26. The molecule has 0 aliphatic carbocycles. The highest BCUT2D eigenvalue weighted by Crippen LogP contribution is 2.32. The summed E-state index contributed by atoms with van der Waals surface area (Å²) in [7, 11) is 0. The van der Waals surface area contributed by atoms with Crippen LogP contribution >= 0.6 is 11.3 Å². The van der Waals surface area contributed by atoms with Crippen molar-refractivity contribution in [1.82, 2.24) is 4.98 Å². The molecular weight excluding hydrogens is 180 g/mol. The molecule has 0 fully saturated rings. The number of rotatable bonds is 3. The second kappa shape index (κ2) is 4.29. The van der Waals surface area contributed by atoms with E-state index in [1.807, 2.05) is 6.20 Å². The van der Waals surface area contributed by atoms with Crippen LogP contribution in [0, 0.1) is 18.3 Å². The highest BCUT2D eigenvalue weighted by atomic mass is 32.1. The molecule has 0 saturated heterocycles. The molecule has 2 nitrogen and oxygen atoms in total. The van der Waals surface area contributed by atoms with E-state index >= 15 is 0 Å². The summed E-state index contributed by atoms with van der Waals surface area (Å²) >= 11 is 1.54. The van der Waals surface area contributed by atoms with Crippen LogP contribution in [0.2, 0.25) is 0 Å². The Kier molecular flexibility index (Phi) is 3.32. The van der Waals surface area contributed by atoms with E-state index < -0.39 is 0 Å². The summed E-state index contributed by atoms with van der Waals surface area (Å²) < 4.78 is 0. The lowest BCUT2D eigenvalue weighted by Gasteiger charge is -2.15. The summed E-state index contributed by atoms with van der Waals surface area (Å²) in [6.45, 7) is 4.33. The normalized spacial score (nSPS) is 12.8. The number of nitrogen functional groups attached to an aromatic ring is 1. The molecule has 1 atom stereocenters. The topological polar surface area (TPSA) is 38.9 Å². The molecule has 70 valence electrons. The molecule has 0 aliphatic heterocycles. The minimum atomic E-state index is 0.403. The third-order valence-electron chi connectivity index (χ3n) is 2.05. The molecule has 1 heterocycles. The van der Waals surface area contributed by atoms with Gasteiger partial charge in [0.1, 0.15) is 0 Å². The van der Waals surface area contributed by atoms with Crippen LogP contribution in [-0.4, -0.2) is 4.98 Å². The molecule has 0 radical (unpaired) electrons. The molecule has 1 rings (SSSR count). The predicted octanol–water partition coefficient (Wildman–Crippen LogP) is 2.49. The van der Waals surface area contributed by atoms with E-state index in [1.165, 1.54) is 16.2 Å². The Bertz CT molecular complexity index is 309. The molecule has 1 aromatic heterocycles. The molecule has 0 aliphatic rings. The Morgan fingerprint density at radius 2 is 2.38 bits per heavy atom. The van der Waals surface area contributed by atoms with E-state index in [4.69, 9.17) is 12.2 Å². The zero-order chi connectivity index (χ0) is 9.84. The molecule has 0 saturated carbocycles. The van der Waals surface area contributed by atoms with Crippen molar-refractivity contribution < 1.29 is 0 Å². The van der Waals surface area contributed by atoms with Gasteiger partial charge in [-0.2, -0.15) is 0 Å². The van der Waals surface area contributed by atoms with Gasteiger partial charge in [0.2, 0.25) is 0 Å². The SMILES string of the molecule is C#CCC(c1cnc(N)s1)C(C)C. The van der Waals surface area contributed by atoms with Crippen LogP contribution in [0.1, 0.15) is 31.1 Å². The van der Waals surface area contributed by atoms with Gasteiger partial charge in [-0.3, -0.25) is 0 Å². The van der Waals surface area contributed by atoms with Crippen molar-refractivity contribution in [2.45, 2.75) is 26.2 Å². The zero-order valence-electron chi connectivity index (χ0n) is 7.95. The van der Waals surface area contributed by atoms with E-state index in [0.717, 1.165) is 6.42 Å². The first kappa shape index (κ1) is 10.1. The molecule has 1 unspecified atom stereocenters. The standard InChI is InChI=1S/C10H14N2S/c1-4-5-8(7(2)3)9-6-12-10(11)13-9/h1,6-8H,5H2,2-3H3,(H2,11,12). The fraction of sp³-hybridized carbons (Fsp3) is 0.500. The van der Waals surface area contributed by atoms with Gasteiger partial charge in [-0.1, -0.05) is 13.8 Å². The number of nitrogens with two attached hydrogens (primary N) is 1. The van der Waals surface area contributed by atoms with Gasteiger partial charge in [0.25, 0.3) is 0 Å². The number of thiazole rings is 1. The van der Waals surface area contributed by atoms with Gasteiger partial charge in [-0.05, 0) is 5.92 Å². The first-order valence-corrected chi connectivity index (χ1v) is 5.11. The highest BCUT2D eigenvalue weighted by molar-refractivity contribution is 7.15. The van der Waals surface area contributed by atoms with Crippen molar-refractivity contribution in [2.24, 2.45) is 5.92 Å². The van der Waals surface area contributed by atoms with Crippen LogP contribution in [0.3, 0.4) is 0 Å². The monoisotopic (exact) mass is 194 g/mol. The van der Waals surface area contributed by atoms with Crippen molar-refractivity contribution in [2.75, 3.05) is 5.73 Å². The molecule has 2 N–H and O–H groups in total. The molecule has 0 bridgehead atoms. The van der Waals surface area contributed by atoms with Crippen LogP contribution in [0.15, 0.2) is 6.20 Å². The maximum Gasteiger partial charge on any atom is 0.180 e. The van der Waals surface area contributed by atoms with Crippen molar-refractivity contribution in [1.29, 1.82) is 0 Å². The lowest BCUT2D eigenvalue weighted by Crippen LogP contribution is -2.03.